The van der Waals surface area contributed by atoms with Crippen LogP contribution < -0.4 is 0 Å². The van der Waals surface area contributed by atoms with Gasteiger partial charge in [0.25, 0.3) is 0 Å². The molecule has 1 rings (SSSR count). The summed E-state index contributed by atoms with van der Waals surface area (Å²) in [4.78, 5) is 0. The van der Waals surface area contributed by atoms with Crippen molar-refractivity contribution in [1.29, 1.82) is 0 Å². The van der Waals surface area contributed by atoms with Crippen LogP contribution in [0.4, 0.5) is 13.2 Å². The molecule has 1 aromatic rings. The highest BCUT2D eigenvalue weighted by molar-refractivity contribution is 6.20. The molecular weight excluding hydrogens is 201 g/mol. The third-order valence-corrected chi connectivity index (χ3v) is 1.95. The van der Waals surface area contributed by atoms with E-state index in [0.717, 1.165) is 12.1 Å². The van der Waals surface area contributed by atoms with E-state index in [1.165, 1.54) is 12.1 Å². The van der Waals surface area contributed by atoms with Gasteiger partial charge in [-0.3, -0.25) is 0 Å². The second kappa shape index (κ2) is 3.58. The van der Waals surface area contributed by atoms with E-state index in [1.807, 2.05) is 0 Å². The van der Waals surface area contributed by atoms with Crippen LogP contribution in [0, 0.1) is 0 Å². The molecule has 0 nitrogen and oxygen atoms in total. The van der Waals surface area contributed by atoms with Crippen LogP contribution in [0.1, 0.15) is 23.4 Å². The molecule has 0 bridgehead atoms. The first-order valence-electron chi connectivity index (χ1n) is 3.72. The molecule has 1 atom stereocenters. The van der Waals surface area contributed by atoms with E-state index in [4.69, 9.17) is 11.6 Å². The third-order valence-electron chi connectivity index (χ3n) is 1.70. The van der Waals surface area contributed by atoms with Crippen LogP contribution in [0.2, 0.25) is 0 Å². The van der Waals surface area contributed by atoms with Gasteiger partial charge in [-0.25, -0.2) is 0 Å². The van der Waals surface area contributed by atoms with E-state index in [1.54, 1.807) is 6.92 Å². The molecule has 0 N–H and O–H groups in total. The van der Waals surface area contributed by atoms with E-state index >= 15 is 0 Å². The Morgan fingerprint density at radius 1 is 1.15 bits per heavy atom. The summed E-state index contributed by atoms with van der Waals surface area (Å²) in [7, 11) is 0. The van der Waals surface area contributed by atoms with E-state index in [-0.39, 0.29) is 5.38 Å². The maximum absolute atomic E-state index is 12.1. The van der Waals surface area contributed by atoms with Crippen LogP contribution in [0.25, 0.3) is 0 Å². The lowest BCUT2D eigenvalue weighted by Gasteiger charge is -2.08. The zero-order valence-electron chi connectivity index (χ0n) is 6.90. The van der Waals surface area contributed by atoms with E-state index in [9.17, 15) is 13.2 Å². The molecule has 0 spiro atoms. The lowest BCUT2D eigenvalue weighted by molar-refractivity contribution is -0.137. The number of alkyl halides is 4. The minimum Gasteiger partial charge on any atom is -0.166 e. The number of hydrogen-bond acceptors (Lipinski definition) is 0. The van der Waals surface area contributed by atoms with Gasteiger partial charge in [-0.15, -0.1) is 11.6 Å². The van der Waals surface area contributed by atoms with E-state index in [0.29, 0.717) is 5.56 Å². The molecule has 0 aliphatic carbocycles. The van der Waals surface area contributed by atoms with Gasteiger partial charge in [0.05, 0.1) is 10.9 Å². The van der Waals surface area contributed by atoms with Gasteiger partial charge in [-0.2, -0.15) is 13.2 Å². The fraction of sp³-hybridized carbons (Fsp3) is 0.333. The highest BCUT2D eigenvalue weighted by atomic mass is 35.5. The zero-order chi connectivity index (χ0) is 10.1. The molecule has 0 radical (unpaired) electrons. The SMILES string of the molecule is C[C@@H](Cl)c1ccc(C(F)(F)F)cc1. The maximum atomic E-state index is 12.1. The Bertz CT molecular complexity index is 274. The van der Waals surface area contributed by atoms with Crippen molar-refractivity contribution in [1.82, 2.24) is 0 Å². The number of benzene rings is 1. The van der Waals surface area contributed by atoms with E-state index < -0.39 is 11.7 Å². The molecule has 0 fully saturated rings. The van der Waals surface area contributed by atoms with Gasteiger partial charge < -0.3 is 0 Å². The molecule has 0 aromatic heterocycles. The average Bonchev–Trinajstić information content (AvgIpc) is 2.03. The Morgan fingerprint density at radius 3 is 1.92 bits per heavy atom. The van der Waals surface area contributed by atoms with Gasteiger partial charge in [0.15, 0.2) is 0 Å². The van der Waals surface area contributed by atoms with Crippen molar-refractivity contribution in [2.75, 3.05) is 0 Å². The summed E-state index contributed by atoms with van der Waals surface area (Å²) in [5.74, 6) is 0. The first-order chi connectivity index (χ1) is 5.91. The number of hydrogen-bond donors (Lipinski definition) is 0. The Hall–Kier alpha value is -0.700. The van der Waals surface area contributed by atoms with Crippen LogP contribution in [0.5, 0.6) is 0 Å². The van der Waals surface area contributed by atoms with Gasteiger partial charge in [0.2, 0.25) is 0 Å². The molecule has 0 aliphatic heterocycles. The fourth-order valence-electron chi connectivity index (χ4n) is 0.937. The smallest absolute Gasteiger partial charge is 0.166 e. The summed E-state index contributed by atoms with van der Waals surface area (Å²) in [5.41, 5.74) is 0.0447. The van der Waals surface area contributed by atoms with Crippen molar-refractivity contribution in [2.24, 2.45) is 0 Å². The quantitative estimate of drug-likeness (QED) is 0.612. The maximum Gasteiger partial charge on any atom is 0.416 e. The summed E-state index contributed by atoms with van der Waals surface area (Å²) in [6, 6.07) is 4.85. The molecule has 0 amide bonds. The van der Waals surface area contributed by atoms with Gasteiger partial charge >= 0.3 is 6.18 Å². The zero-order valence-corrected chi connectivity index (χ0v) is 7.65. The molecule has 0 saturated heterocycles. The van der Waals surface area contributed by atoms with Crippen LogP contribution in [0.3, 0.4) is 0 Å². The molecule has 0 saturated carbocycles. The highest BCUT2D eigenvalue weighted by Gasteiger charge is 2.29. The Labute approximate surface area is 79.3 Å². The molecular formula is C9H8ClF3. The number of rotatable bonds is 1. The molecule has 0 aliphatic rings. The van der Waals surface area contributed by atoms with Gasteiger partial charge in [-0.05, 0) is 24.6 Å². The predicted molar refractivity (Wildman–Crippen MR) is 45.7 cm³/mol. The van der Waals surface area contributed by atoms with E-state index in [2.05, 4.69) is 0 Å². The largest absolute Gasteiger partial charge is 0.416 e. The Morgan fingerprint density at radius 2 is 1.62 bits per heavy atom. The second-order valence-electron chi connectivity index (χ2n) is 2.74. The van der Waals surface area contributed by atoms with Crippen molar-refractivity contribution in [3.8, 4) is 0 Å². The highest BCUT2D eigenvalue weighted by Crippen LogP contribution is 2.30. The average molecular weight is 209 g/mol. The fourth-order valence-corrected chi connectivity index (χ4v) is 1.08. The Balaban J connectivity index is 2.94. The summed E-state index contributed by atoms with van der Waals surface area (Å²) in [6.07, 6.45) is -4.27. The summed E-state index contributed by atoms with van der Waals surface area (Å²) < 4.78 is 36.3. The summed E-state index contributed by atoms with van der Waals surface area (Å²) in [6.45, 7) is 1.71. The van der Waals surface area contributed by atoms with Crippen molar-refractivity contribution in [3.05, 3.63) is 35.4 Å². The lowest BCUT2D eigenvalue weighted by Crippen LogP contribution is -2.04. The van der Waals surface area contributed by atoms with Crippen LogP contribution in [-0.4, -0.2) is 0 Å². The third kappa shape index (κ3) is 2.62. The van der Waals surface area contributed by atoms with Gasteiger partial charge in [0, 0.05) is 0 Å². The van der Waals surface area contributed by atoms with Crippen molar-refractivity contribution < 1.29 is 13.2 Å². The first kappa shape index (κ1) is 10.4. The van der Waals surface area contributed by atoms with Gasteiger partial charge in [-0.1, -0.05) is 12.1 Å². The lowest BCUT2D eigenvalue weighted by atomic mass is 10.1. The summed E-state index contributed by atoms with van der Waals surface area (Å²) >= 11 is 5.69. The summed E-state index contributed by atoms with van der Waals surface area (Å²) in [5, 5.41) is -0.262. The molecule has 13 heavy (non-hydrogen) atoms. The molecule has 0 unspecified atom stereocenters. The topological polar surface area (TPSA) is 0 Å². The normalized spacial score (nSPS) is 14.2. The minimum atomic E-state index is -4.27. The minimum absolute atomic E-state index is 0.262. The first-order valence-corrected chi connectivity index (χ1v) is 4.16. The van der Waals surface area contributed by atoms with Crippen molar-refractivity contribution in [2.45, 2.75) is 18.5 Å². The second-order valence-corrected chi connectivity index (χ2v) is 3.39. The van der Waals surface area contributed by atoms with Crippen LogP contribution in [0.15, 0.2) is 24.3 Å². The number of halogens is 4. The predicted octanol–water partition coefficient (Wildman–Crippen LogP) is 4.01. The molecule has 4 heteroatoms. The molecule has 1 aromatic carbocycles. The van der Waals surface area contributed by atoms with Gasteiger partial charge in [0.1, 0.15) is 0 Å². The van der Waals surface area contributed by atoms with Crippen LogP contribution in [-0.2, 0) is 6.18 Å². The molecule has 0 heterocycles. The van der Waals surface area contributed by atoms with Crippen LogP contribution >= 0.6 is 11.6 Å². The monoisotopic (exact) mass is 208 g/mol. The van der Waals surface area contributed by atoms with Crippen molar-refractivity contribution >= 4 is 11.6 Å². The Kier molecular flexibility index (Phi) is 2.86. The standard InChI is InChI=1S/C9H8ClF3/c1-6(10)7-2-4-8(5-3-7)9(11,12)13/h2-6H,1H3/t6-/m1/s1. The molecule has 72 valence electrons. The van der Waals surface area contributed by atoms with Crippen molar-refractivity contribution in [3.63, 3.8) is 0 Å².